The van der Waals surface area contributed by atoms with Crippen molar-refractivity contribution >= 4 is 17.0 Å². The molecule has 1 unspecified atom stereocenters. The second kappa shape index (κ2) is 5.32. The molecule has 0 aliphatic heterocycles. The molecule has 0 saturated carbocycles. The lowest BCUT2D eigenvalue weighted by atomic mass is 10.1. The third kappa shape index (κ3) is 3.13. The Morgan fingerprint density at radius 3 is 2.76 bits per heavy atom. The molecule has 2 heterocycles. The number of pyridine rings is 1. The number of amides is 1. The van der Waals surface area contributed by atoms with Gasteiger partial charge >= 0.3 is 6.18 Å². The van der Waals surface area contributed by atoms with Gasteiger partial charge in [-0.25, -0.2) is 4.98 Å². The van der Waals surface area contributed by atoms with Gasteiger partial charge in [0, 0.05) is 5.69 Å². The average Bonchev–Trinajstić information content (AvgIpc) is 2.75. The molecule has 0 spiro atoms. The smallest absolute Gasteiger partial charge is 0.382 e. The molecule has 0 bridgehead atoms. The van der Waals surface area contributed by atoms with E-state index >= 15 is 0 Å². The summed E-state index contributed by atoms with van der Waals surface area (Å²) in [5.74, 6) is -0.764. The van der Waals surface area contributed by atoms with Crippen LogP contribution in [0.25, 0.3) is 11.1 Å². The lowest BCUT2D eigenvalue weighted by Gasteiger charge is -2.15. The lowest BCUT2D eigenvalue weighted by Crippen LogP contribution is -2.40. The van der Waals surface area contributed by atoms with E-state index in [-0.39, 0.29) is 11.3 Å². The quantitative estimate of drug-likeness (QED) is 0.897. The van der Waals surface area contributed by atoms with Gasteiger partial charge in [-0.1, -0.05) is 5.16 Å². The molecule has 0 aliphatic rings. The van der Waals surface area contributed by atoms with Crippen molar-refractivity contribution in [1.82, 2.24) is 15.5 Å². The SMILES string of the molecule is Cc1cc(C(=O)NCC(O)C(F)(F)F)c2c(C)noc2n1. The van der Waals surface area contributed by atoms with Crippen molar-refractivity contribution in [3.63, 3.8) is 0 Å². The number of carbonyl (C=O) groups is 1. The third-order valence-corrected chi connectivity index (χ3v) is 2.82. The molecular weight excluding hydrogens is 291 g/mol. The van der Waals surface area contributed by atoms with Crippen LogP contribution < -0.4 is 5.32 Å². The summed E-state index contributed by atoms with van der Waals surface area (Å²) in [5, 5.41) is 14.9. The number of fused-ring (bicyclic) bond motifs is 1. The van der Waals surface area contributed by atoms with Gasteiger partial charge in [-0.3, -0.25) is 4.79 Å². The molecule has 1 amide bonds. The number of halogens is 3. The minimum atomic E-state index is -4.79. The van der Waals surface area contributed by atoms with E-state index in [4.69, 9.17) is 9.63 Å². The Balaban J connectivity index is 2.26. The highest BCUT2D eigenvalue weighted by Crippen LogP contribution is 2.22. The van der Waals surface area contributed by atoms with Crippen LogP contribution in [0.15, 0.2) is 10.6 Å². The number of aliphatic hydroxyl groups excluding tert-OH is 1. The number of aromatic nitrogens is 2. The number of nitrogens with one attached hydrogen (secondary N) is 1. The van der Waals surface area contributed by atoms with E-state index in [1.165, 1.54) is 6.07 Å². The maximum absolute atomic E-state index is 12.2. The minimum Gasteiger partial charge on any atom is -0.382 e. The first-order valence-electron chi connectivity index (χ1n) is 5.96. The maximum Gasteiger partial charge on any atom is 0.416 e. The molecule has 0 fully saturated rings. The summed E-state index contributed by atoms with van der Waals surface area (Å²) >= 11 is 0. The largest absolute Gasteiger partial charge is 0.416 e. The second-order valence-electron chi connectivity index (χ2n) is 4.53. The molecule has 6 nitrogen and oxygen atoms in total. The number of aryl methyl sites for hydroxylation is 2. The summed E-state index contributed by atoms with van der Waals surface area (Å²) in [6.45, 7) is 2.26. The van der Waals surface area contributed by atoms with Crippen LogP contribution in [-0.4, -0.2) is 40.0 Å². The van der Waals surface area contributed by atoms with Crippen LogP contribution in [0.4, 0.5) is 13.2 Å². The van der Waals surface area contributed by atoms with Crippen molar-refractivity contribution in [3.05, 3.63) is 23.0 Å². The molecule has 1 atom stereocenters. The average molecular weight is 303 g/mol. The zero-order chi connectivity index (χ0) is 15.8. The van der Waals surface area contributed by atoms with Crippen LogP contribution in [0.1, 0.15) is 21.7 Å². The van der Waals surface area contributed by atoms with Gasteiger partial charge in [0.15, 0.2) is 6.10 Å². The Kier molecular flexibility index (Phi) is 3.86. The van der Waals surface area contributed by atoms with Crippen LogP contribution >= 0.6 is 0 Å². The first kappa shape index (κ1) is 15.2. The van der Waals surface area contributed by atoms with E-state index in [0.717, 1.165) is 0 Å². The van der Waals surface area contributed by atoms with Crippen LogP contribution in [0, 0.1) is 13.8 Å². The van der Waals surface area contributed by atoms with Crippen LogP contribution in [0.3, 0.4) is 0 Å². The molecule has 2 rings (SSSR count). The highest BCUT2D eigenvalue weighted by molar-refractivity contribution is 6.06. The molecule has 9 heteroatoms. The topological polar surface area (TPSA) is 88.2 Å². The Morgan fingerprint density at radius 2 is 2.14 bits per heavy atom. The predicted molar refractivity (Wildman–Crippen MR) is 65.7 cm³/mol. The van der Waals surface area contributed by atoms with Crippen molar-refractivity contribution in [2.45, 2.75) is 26.1 Å². The zero-order valence-corrected chi connectivity index (χ0v) is 11.2. The van der Waals surface area contributed by atoms with Gasteiger partial charge in [-0.15, -0.1) is 0 Å². The number of aliphatic hydroxyl groups is 1. The van der Waals surface area contributed by atoms with Crippen molar-refractivity contribution < 1.29 is 27.6 Å². The molecular formula is C12H12F3N3O3. The summed E-state index contributed by atoms with van der Waals surface area (Å²) in [7, 11) is 0. The molecule has 2 N–H and O–H groups in total. The van der Waals surface area contributed by atoms with Crippen molar-refractivity contribution in [2.24, 2.45) is 0 Å². The van der Waals surface area contributed by atoms with E-state index < -0.39 is 24.7 Å². The molecule has 0 saturated heterocycles. The highest BCUT2D eigenvalue weighted by atomic mass is 19.4. The Morgan fingerprint density at radius 1 is 1.48 bits per heavy atom. The fourth-order valence-electron chi connectivity index (χ4n) is 1.80. The summed E-state index contributed by atoms with van der Waals surface area (Å²) in [6, 6.07) is 1.42. The van der Waals surface area contributed by atoms with Crippen molar-refractivity contribution in [3.8, 4) is 0 Å². The van der Waals surface area contributed by atoms with Crippen molar-refractivity contribution in [1.29, 1.82) is 0 Å². The monoisotopic (exact) mass is 303 g/mol. The Bertz CT molecular complexity index is 681. The van der Waals surface area contributed by atoms with Crippen molar-refractivity contribution in [2.75, 3.05) is 6.54 Å². The van der Waals surface area contributed by atoms with Crippen LogP contribution in [-0.2, 0) is 0 Å². The molecule has 114 valence electrons. The van der Waals surface area contributed by atoms with E-state index in [0.29, 0.717) is 16.8 Å². The number of hydrogen-bond donors (Lipinski definition) is 2. The Labute approximate surface area is 116 Å². The van der Waals surface area contributed by atoms with Crippen LogP contribution in [0.2, 0.25) is 0 Å². The van der Waals surface area contributed by atoms with Crippen LogP contribution in [0.5, 0.6) is 0 Å². The fraction of sp³-hybridized carbons (Fsp3) is 0.417. The minimum absolute atomic E-state index is 0.102. The normalized spacial score (nSPS) is 13.4. The predicted octanol–water partition coefficient (Wildman–Crippen LogP) is 1.49. The number of hydrogen-bond acceptors (Lipinski definition) is 5. The van der Waals surface area contributed by atoms with Gasteiger partial charge < -0.3 is 14.9 Å². The van der Waals surface area contributed by atoms with Gasteiger partial charge in [0.05, 0.1) is 23.2 Å². The summed E-state index contributed by atoms with van der Waals surface area (Å²) < 4.78 is 41.5. The molecule has 0 aromatic carbocycles. The first-order valence-corrected chi connectivity index (χ1v) is 5.96. The second-order valence-corrected chi connectivity index (χ2v) is 4.53. The summed E-state index contributed by atoms with van der Waals surface area (Å²) in [6.07, 6.45) is -7.41. The third-order valence-electron chi connectivity index (χ3n) is 2.82. The first-order chi connectivity index (χ1) is 9.70. The lowest BCUT2D eigenvalue weighted by molar-refractivity contribution is -0.201. The molecule has 2 aromatic heterocycles. The molecule has 2 aromatic rings. The van der Waals surface area contributed by atoms with E-state index in [1.54, 1.807) is 13.8 Å². The van der Waals surface area contributed by atoms with E-state index in [1.807, 2.05) is 5.32 Å². The number of carbonyl (C=O) groups excluding carboxylic acids is 1. The fourth-order valence-corrected chi connectivity index (χ4v) is 1.80. The van der Waals surface area contributed by atoms with Gasteiger partial charge in [0.1, 0.15) is 0 Å². The van der Waals surface area contributed by atoms with Gasteiger partial charge in [0.25, 0.3) is 11.6 Å². The highest BCUT2D eigenvalue weighted by Gasteiger charge is 2.38. The summed E-state index contributed by atoms with van der Waals surface area (Å²) in [4.78, 5) is 16.0. The zero-order valence-electron chi connectivity index (χ0n) is 11.2. The maximum atomic E-state index is 12.2. The van der Waals surface area contributed by atoms with Gasteiger partial charge in [0.2, 0.25) is 0 Å². The molecule has 0 aliphatic carbocycles. The Hall–Kier alpha value is -2.16. The van der Waals surface area contributed by atoms with Gasteiger partial charge in [-0.05, 0) is 19.9 Å². The molecule has 21 heavy (non-hydrogen) atoms. The number of alkyl halides is 3. The summed E-state index contributed by atoms with van der Waals surface area (Å²) in [5.41, 5.74) is 1.10. The molecule has 0 radical (unpaired) electrons. The number of rotatable bonds is 3. The van der Waals surface area contributed by atoms with E-state index in [2.05, 4.69) is 10.1 Å². The van der Waals surface area contributed by atoms with Gasteiger partial charge in [-0.2, -0.15) is 13.2 Å². The number of nitrogens with zero attached hydrogens (tertiary/aromatic N) is 2. The standard InChI is InChI=1S/C12H12F3N3O3/c1-5-3-7(9-6(2)18-21-11(9)17-5)10(20)16-4-8(19)12(13,14)15/h3,8,19H,4H2,1-2H3,(H,16,20). The van der Waals surface area contributed by atoms with E-state index in [9.17, 15) is 18.0 Å².